The zero-order valence-corrected chi connectivity index (χ0v) is 12.1. The minimum absolute atomic E-state index is 0.0436. The molecular weight excluding hydrogens is 236 g/mol. The van der Waals surface area contributed by atoms with Crippen molar-refractivity contribution in [1.29, 1.82) is 0 Å². The Bertz CT molecular complexity index is 427. The van der Waals surface area contributed by atoms with E-state index in [1.54, 1.807) is 0 Å². The predicted octanol–water partition coefficient (Wildman–Crippen LogP) is 2.57. The van der Waals surface area contributed by atoms with Crippen LogP contribution in [0.5, 0.6) is 0 Å². The van der Waals surface area contributed by atoms with Crippen LogP contribution < -0.4 is 10.6 Å². The van der Waals surface area contributed by atoms with E-state index >= 15 is 0 Å². The number of nitrogens with one attached hydrogen (secondary N) is 2. The highest BCUT2D eigenvalue weighted by Crippen LogP contribution is 2.39. The van der Waals surface area contributed by atoms with Crippen LogP contribution in [0.25, 0.3) is 0 Å². The second-order valence-corrected chi connectivity index (χ2v) is 6.42. The molecule has 0 unspecified atom stereocenters. The number of benzene rings is 1. The van der Waals surface area contributed by atoms with Crippen LogP contribution in [0.4, 0.5) is 0 Å². The lowest BCUT2D eigenvalue weighted by Gasteiger charge is -2.20. The predicted molar refractivity (Wildman–Crippen MR) is 78.0 cm³/mol. The van der Waals surface area contributed by atoms with E-state index in [1.165, 1.54) is 24.0 Å². The zero-order chi connectivity index (χ0) is 13.9. The highest BCUT2D eigenvalue weighted by Gasteiger charge is 2.22. The van der Waals surface area contributed by atoms with Crippen LogP contribution in [0.3, 0.4) is 0 Å². The molecule has 0 bridgehead atoms. The van der Waals surface area contributed by atoms with Gasteiger partial charge in [0.25, 0.3) is 0 Å². The van der Waals surface area contributed by atoms with Crippen molar-refractivity contribution in [3.8, 4) is 0 Å². The number of carbonyl (C=O) groups excluding carboxylic acids is 1. The number of hydrogen-bond acceptors (Lipinski definition) is 2. The molecule has 1 aromatic rings. The molecule has 1 amide bonds. The van der Waals surface area contributed by atoms with Gasteiger partial charge in [-0.3, -0.25) is 4.79 Å². The largest absolute Gasteiger partial charge is 0.350 e. The summed E-state index contributed by atoms with van der Waals surface area (Å²) in [6, 6.07) is 8.73. The molecule has 3 nitrogen and oxygen atoms in total. The SMILES string of the molecule is CC(C)(C)NC(=O)CNCc1ccc(C2CC2)cc1. The second kappa shape index (κ2) is 5.74. The van der Waals surface area contributed by atoms with E-state index in [0.717, 1.165) is 12.5 Å². The maximum absolute atomic E-state index is 11.6. The van der Waals surface area contributed by atoms with Crippen molar-refractivity contribution in [1.82, 2.24) is 10.6 Å². The van der Waals surface area contributed by atoms with Gasteiger partial charge in [-0.25, -0.2) is 0 Å². The molecule has 0 radical (unpaired) electrons. The van der Waals surface area contributed by atoms with Gasteiger partial charge in [0.05, 0.1) is 6.54 Å². The molecule has 0 spiro atoms. The molecule has 1 fully saturated rings. The number of amides is 1. The molecule has 19 heavy (non-hydrogen) atoms. The molecule has 1 aliphatic rings. The van der Waals surface area contributed by atoms with Crippen LogP contribution in [0, 0.1) is 0 Å². The van der Waals surface area contributed by atoms with Gasteiger partial charge in [-0.2, -0.15) is 0 Å². The van der Waals surface area contributed by atoms with Gasteiger partial charge in [0.15, 0.2) is 0 Å². The maximum atomic E-state index is 11.6. The Morgan fingerprint density at radius 1 is 1.21 bits per heavy atom. The van der Waals surface area contributed by atoms with Crippen molar-refractivity contribution in [2.75, 3.05) is 6.54 Å². The fourth-order valence-electron chi connectivity index (χ4n) is 2.11. The molecule has 1 saturated carbocycles. The normalized spacial score (nSPS) is 15.3. The van der Waals surface area contributed by atoms with Gasteiger partial charge in [0.2, 0.25) is 5.91 Å². The summed E-state index contributed by atoms with van der Waals surface area (Å²) in [7, 11) is 0. The first kappa shape index (κ1) is 14.1. The fourth-order valence-corrected chi connectivity index (χ4v) is 2.11. The van der Waals surface area contributed by atoms with Gasteiger partial charge in [-0.05, 0) is 50.7 Å². The lowest BCUT2D eigenvalue weighted by Crippen LogP contribution is -2.44. The Balaban J connectivity index is 1.71. The molecule has 3 heteroatoms. The Morgan fingerprint density at radius 2 is 1.84 bits per heavy atom. The van der Waals surface area contributed by atoms with Crippen LogP contribution in [0.2, 0.25) is 0 Å². The highest BCUT2D eigenvalue weighted by molar-refractivity contribution is 5.78. The van der Waals surface area contributed by atoms with Gasteiger partial charge in [-0.1, -0.05) is 24.3 Å². The molecule has 1 aliphatic carbocycles. The summed E-state index contributed by atoms with van der Waals surface area (Å²) in [6.07, 6.45) is 2.68. The molecule has 2 rings (SSSR count). The molecule has 0 heterocycles. The monoisotopic (exact) mass is 260 g/mol. The second-order valence-electron chi connectivity index (χ2n) is 6.42. The van der Waals surface area contributed by atoms with Crippen molar-refractivity contribution < 1.29 is 4.79 Å². The average Bonchev–Trinajstić information content (AvgIpc) is 3.11. The minimum atomic E-state index is -0.162. The van der Waals surface area contributed by atoms with Crippen molar-refractivity contribution >= 4 is 5.91 Å². The lowest BCUT2D eigenvalue weighted by atomic mass is 10.1. The minimum Gasteiger partial charge on any atom is -0.350 e. The Morgan fingerprint density at radius 3 is 2.37 bits per heavy atom. The third-order valence-electron chi connectivity index (χ3n) is 3.16. The number of hydrogen-bond donors (Lipinski definition) is 2. The van der Waals surface area contributed by atoms with E-state index in [1.807, 2.05) is 20.8 Å². The summed E-state index contributed by atoms with van der Waals surface area (Å²) in [5.41, 5.74) is 2.52. The van der Waals surface area contributed by atoms with Crippen LogP contribution in [0.1, 0.15) is 50.7 Å². The van der Waals surface area contributed by atoms with E-state index in [4.69, 9.17) is 0 Å². The van der Waals surface area contributed by atoms with Crippen molar-refractivity contribution in [3.63, 3.8) is 0 Å². The Kier molecular flexibility index (Phi) is 4.25. The number of carbonyl (C=O) groups is 1. The van der Waals surface area contributed by atoms with Gasteiger partial charge < -0.3 is 10.6 Å². The first-order valence-corrected chi connectivity index (χ1v) is 7.04. The smallest absolute Gasteiger partial charge is 0.234 e. The number of rotatable bonds is 5. The zero-order valence-electron chi connectivity index (χ0n) is 12.1. The summed E-state index contributed by atoms with van der Waals surface area (Å²) in [4.78, 5) is 11.6. The van der Waals surface area contributed by atoms with Crippen LogP contribution in [-0.2, 0) is 11.3 Å². The van der Waals surface area contributed by atoms with Gasteiger partial charge in [0.1, 0.15) is 0 Å². The van der Waals surface area contributed by atoms with E-state index in [2.05, 4.69) is 34.9 Å². The van der Waals surface area contributed by atoms with E-state index < -0.39 is 0 Å². The van der Waals surface area contributed by atoms with E-state index in [9.17, 15) is 4.79 Å². The third-order valence-corrected chi connectivity index (χ3v) is 3.16. The standard InChI is InChI=1S/C16H24N2O/c1-16(2,3)18-15(19)11-17-10-12-4-6-13(7-5-12)14-8-9-14/h4-7,14,17H,8-11H2,1-3H3,(H,18,19). The lowest BCUT2D eigenvalue weighted by molar-refractivity contribution is -0.121. The Labute approximate surface area is 115 Å². The molecule has 104 valence electrons. The topological polar surface area (TPSA) is 41.1 Å². The summed E-state index contributed by atoms with van der Waals surface area (Å²) in [5.74, 6) is 0.849. The first-order valence-electron chi connectivity index (χ1n) is 7.04. The van der Waals surface area contributed by atoms with E-state index in [-0.39, 0.29) is 11.4 Å². The highest BCUT2D eigenvalue weighted by atomic mass is 16.2. The molecule has 0 aromatic heterocycles. The van der Waals surface area contributed by atoms with Crippen LogP contribution in [-0.4, -0.2) is 18.0 Å². The van der Waals surface area contributed by atoms with Gasteiger partial charge in [-0.15, -0.1) is 0 Å². The fraction of sp³-hybridized carbons (Fsp3) is 0.562. The molecule has 2 N–H and O–H groups in total. The summed E-state index contributed by atoms with van der Waals surface area (Å²) in [5, 5.41) is 6.11. The molecule has 0 aliphatic heterocycles. The van der Waals surface area contributed by atoms with Crippen molar-refractivity contribution in [2.24, 2.45) is 0 Å². The Hall–Kier alpha value is -1.35. The molecule has 0 saturated heterocycles. The van der Waals surface area contributed by atoms with E-state index in [0.29, 0.717) is 6.54 Å². The first-order chi connectivity index (χ1) is 8.94. The summed E-state index contributed by atoms with van der Waals surface area (Å²) < 4.78 is 0. The van der Waals surface area contributed by atoms with Gasteiger partial charge in [0, 0.05) is 12.1 Å². The molecule has 0 atom stereocenters. The average molecular weight is 260 g/mol. The molecular formula is C16H24N2O. The summed E-state index contributed by atoms with van der Waals surface area (Å²) >= 11 is 0. The van der Waals surface area contributed by atoms with Crippen molar-refractivity contribution in [3.05, 3.63) is 35.4 Å². The summed E-state index contributed by atoms with van der Waals surface area (Å²) in [6.45, 7) is 7.06. The van der Waals surface area contributed by atoms with Crippen molar-refractivity contribution in [2.45, 2.75) is 51.6 Å². The maximum Gasteiger partial charge on any atom is 0.234 e. The van der Waals surface area contributed by atoms with Crippen LogP contribution in [0.15, 0.2) is 24.3 Å². The third kappa shape index (κ3) is 5.03. The quantitative estimate of drug-likeness (QED) is 0.854. The van der Waals surface area contributed by atoms with Crippen LogP contribution >= 0.6 is 0 Å². The van der Waals surface area contributed by atoms with Gasteiger partial charge >= 0.3 is 0 Å². The molecule has 1 aromatic carbocycles.